The summed E-state index contributed by atoms with van der Waals surface area (Å²) in [4.78, 5) is 36.4. The summed E-state index contributed by atoms with van der Waals surface area (Å²) < 4.78 is 11.5. The first-order valence-corrected chi connectivity index (χ1v) is 9.25. The molecule has 1 atom stereocenters. The number of hydrogen-bond acceptors (Lipinski definition) is 6. The van der Waals surface area contributed by atoms with Crippen LogP contribution in [0.1, 0.15) is 30.8 Å². The van der Waals surface area contributed by atoms with Crippen molar-refractivity contribution in [2.24, 2.45) is 0 Å². The third-order valence-corrected chi connectivity index (χ3v) is 4.70. The molecule has 0 fully saturated rings. The van der Waals surface area contributed by atoms with Gasteiger partial charge in [-0.05, 0) is 18.2 Å². The summed E-state index contributed by atoms with van der Waals surface area (Å²) in [6.45, 7) is 3.78. The highest BCUT2D eigenvalue weighted by Gasteiger charge is 2.35. The molecule has 30 heavy (non-hydrogen) atoms. The number of carbonyl (C=O) groups excluding carboxylic acids is 2. The number of hydrazine groups is 1. The average molecular weight is 409 g/mol. The summed E-state index contributed by atoms with van der Waals surface area (Å²) in [6, 6.07) is 10.9. The van der Waals surface area contributed by atoms with E-state index in [-0.39, 0.29) is 5.69 Å². The van der Waals surface area contributed by atoms with E-state index in [1.54, 1.807) is 42.5 Å². The normalized spacial score (nSPS) is 16.9. The van der Waals surface area contributed by atoms with Gasteiger partial charge in [0.05, 0.1) is 5.39 Å². The molecule has 4 N–H and O–H groups in total. The molecule has 2 heterocycles. The second-order valence-electron chi connectivity index (χ2n) is 6.83. The number of aromatic amines is 1. The van der Waals surface area contributed by atoms with Crippen molar-refractivity contribution in [3.05, 3.63) is 58.5 Å². The van der Waals surface area contributed by atoms with Gasteiger partial charge in [0.1, 0.15) is 0 Å². The minimum absolute atomic E-state index is 0.0209. The third kappa shape index (κ3) is 3.62. The molecule has 1 aliphatic rings. The number of carbonyl (C=O) groups is 2. The molecule has 3 aromatic rings. The van der Waals surface area contributed by atoms with Crippen LogP contribution in [0.3, 0.4) is 0 Å². The fourth-order valence-electron chi connectivity index (χ4n) is 3.00. The number of ether oxygens (including phenoxy) is 2. The SMILES string of the molecule is CCC1(C)Oc2ccc(NC(=O)NNC(=O)c3n[nH]c(=O)c4ccccc34)cc2O1. The van der Waals surface area contributed by atoms with E-state index >= 15 is 0 Å². The Balaban J connectivity index is 1.41. The molecule has 0 bridgehead atoms. The molecule has 154 valence electrons. The van der Waals surface area contributed by atoms with E-state index < -0.39 is 23.3 Å². The van der Waals surface area contributed by atoms with Crippen LogP contribution in [0, 0.1) is 0 Å². The molecule has 3 amide bonds. The topological polar surface area (TPSA) is 134 Å². The van der Waals surface area contributed by atoms with Gasteiger partial charge in [0, 0.05) is 30.5 Å². The Hall–Kier alpha value is -4.08. The van der Waals surface area contributed by atoms with Gasteiger partial charge < -0.3 is 14.8 Å². The van der Waals surface area contributed by atoms with E-state index in [4.69, 9.17) is 9.47 Å². The van der Waals surface area contributed by atoms with Gasteiger partial charge in [0.15, 0.2) is 17.2 Å². The molecule has 0 aliphatic carbocycles. The first-order valence-electron chi connectivity index (χ1n) is 9.25. The second-order valence-corrected chi connectivity index (χ2v) is 6.83. The Bertz CT molecular complexity index is 1210. The van der Waals surface area contributed by atoms with Crippen LogP contribution in [-0.4, -0.2) is 27.9 Å². The van der Waals surface area contributed by atoms with Gasteiger partial charge in [-0.3, -0.25) is 15.0 Å². The van der Waals surface area contributed by atoms with Crippen molar-refractivity contribution < 1.29 is 19.1 Å². The third-order valence-electron chi connectivity index (χ3n) is 4.70. The molecule has 1 aromatic heterocycles. The summed E-state index contributed by atoms with van der Waals surface area (Å²) in [7, 11) is 0. The number of aromatic nitrogens is 2. The minimum Gasteiger partial charge on any atom is -0.449 e. The molecule has 0 radical (unpaired) electrons. The summed E-state index contributed by atoms with van der Waals surface area (Å²) in [6.07, 6.45) is 0.657. The first kappa shape index (κ1) is 19.2. The van der Waals surface area contributed by atoms with Crippen LogP contribution in [0.15, 0.2) is 47.3 Å². The van der Waals surface area contributed by atoms with E-state index in [1.807, 2.05) is 13.8 Å². The molecule has 0 spiro atoms. The van der Waals surface area contributed by atoms with Crippen molar-refractivity contribution >= 4 is 28.4 Å². The van der Waals surface area contributed by atoms with E-state index in [2.05, 4.69) is 26.4 Å². The summed E-state index contributed by atoms with van der Waals surface area (Å²) in [5.74, 6) is -0.300. The van der Waals surface area contributed by atoms with E-state index in [1.165, 1.54) is 0 Å². The number of fused-ring (bicyclic) bond motifs is 2. The second kappa shape index (κ2) is 7.39. The number of benzene rings is 2. The van der Waals surface area contributed by atoms with Crippen molar-refractivity contribution in [3.63, 3.8) is 0 Å². The zero-order valence-corrected chi connectivity index (χ0v) is 16.2. The van der Waals surface area contributed by atoms with Crippen LogP contribution < -0.4 is 31.2 Å². The smallest absolute Gasteiger partial charge is 0.337 e. The Morgan fingerprint density at radius 2 is 1.80 bits per heavy atom. The van der Waals surface area contributed by atoms with Gasteiger partial charge >= 0.3 is 6.03 Å². The lowest BCUT2D eigenvalue weighted by atomic mass is 10.1. The van der Waals surface area contributed by atoms with Crippen molar-refractivity contribution in [1.82, 2.24) is 21.0 Å². The predicted octanol–water partition coefficient (Wildman–Crippen LogP) is 2.29. The average Bonchev–Trinajstić information content (AvgIpc) is 3.08. The lowest BCUT2D eigenvalue weighted by Crippen LogP contribution is -2.44. The number of H-pyrrole nitrogens is 1. The zero-order chi connectivity index (χ0) is 21.3. The molecule has 10 heteroatoms. The zero-order valence-electron chi connectivity index (χ0n) is 16.2. The van der Waals surface area contributed by atoms with Crippen LogP contribution >= 0.6 is 0 Å². The molecule has 0 saturated heterocycles. The number of nitrogens with one attached hydrogen (secondary N) is 4. The fourth-order valence-corrected chi connectivity index (χ4v) is 3.00. The van der Waals surface area contributed by atoms with Crippen molar-refractivity contribution in [2.75, 3.05) is 5.32 Å². The number of anilines is 1. The predicted molar refractivity (Wildman–Crippen MR) is 108 cm³/mol. The van der Waals surface area contributed by atoms with Gasteiger partial charge in [-0.15, -0.1) is 0 Å². The van der Waals surface area contributed by atoms with Gasteiger partial charge in [0.25, 0.3) is 11.5 Å². The van der Waals surface area contributed by atoms with Crippen molar-refractivity contribution in [3.8, 4) is 11.5 Å². The highest BCUT2D eigenvalue weighted by molar-refractivity contribution is 6.05. The number of amides is 3. The quantitative estimate of drug-likeness (QED) is 0.490. The van der Waals surface area contributed by atoms with E-state index in [9.17, 15) is 14.4 Å². The minimum atomic E-state index is -0.733. The van der Waals surface area contributed by atoms with Gasteiger partial charge in [0.2, 0.25) is 5.79 Å². The monoisotopic (exact) mass is 409 g/mol. The van der Waals surface area contributed by atoms with Crippen molar-refractivity contribution in [1.29, 1.82) is 0 Å². The Morgan fingerprint density at radius 1 is 1.07 bits per heavy atom. The number of urea groups is 1. The summed E-state index contributed by atoms with van der Waals surface area (Å²) in [5.41, 5.74) is 4.54. The lowest BCUT2D eigenvalue weighted by molar-refractivity contribution is -0.0640. The van der Waals surface area contributed by atoms with Crippen LogP contribution in [-0.2, 0) is 0 Å². The Morgan fingerprint density at radius 3 is 2.57 bits per heavy atom. The van der Waals surface area contributed by atoms with Crippen LogP contribution in [0.25, 0.3) is 10.8 Å². The molecule has 0 saturated carbocycles. The molecule has 1 unspecified atom stereocenters. The maximum absolute atomic E-state index is 12.4. The highest BCUT2D eigenvalue weighted by Crippen LogP contribution is 2.41. The van der Waals surface area contributed by atoms with Crippen LogP contribution in [0.5, 0.6) is 11.5 Å². The molecular weight excluding hydrogens is 390 g/mol. The van der Waals surface area contributed by atoms with Gasteiger partial charge in [-0.2, -0.15) is 5.10 Å². The van der Waals surface area contributed by atoms with Crippen molar-refractivity contribution in [2.45, 2.75) is 26.1 Å². The maximum atomic E-state index is 12.4. The molecular formula is C20H19N5O5. The van der Waals surface area contributed by atoms with Crippen LogP contribution in [0.2, 0.25) is 0 Å². The van der Waals surface area contributed by atoms with E-state index in [0.717, 1.165) is 0 Å². The fraction of sp³-hybridized carbons (Fsp3) is 0.200. The summed E-state index contributed by atoms with van der Waals surface area (Å²) in [5, 5.41) is 9.33. The van der Waals surface area contributed by atoms with Crippen LogP contribution in [0.4, 0.5) is 10.5 Å². The Kier molecular flexibility index (Phi) is 4.74. The Labute approximate surface area is 170 Å². The standard InChI is InChI=1S/C20H19N5O5/c1-3-20(2)29-14-9-8-11(10-15(14)30-20)21-19(28)25-24-18(27)16-12-6-4-5-7-13(12)17(26)23-22-16/h4-10H,3H2,1-2H3,(H,23,26)(H,24,27)(H2,21,25,28). The largest absolute Gasteiger partial charge is 0.449 e. The highest BCUT2D eigenvalue weighted by atomic mass is 16.7. The lowest BCUT2D eigenvalue weighted by Gasteiger charge is -2.20. The maximum Gasteiger partial charge on any atom is 0.337 e. The molecule has 10 nitrogen and oxygen atoms in total. The molecule has 4 rings (SSSR count). The van der Waals surface area contributed by atoms with Gasteiger partial charge in [-0.25, -0.2) is 15.3 Å². The van der Waals surface area contributed by atoms with E-state index in [0.29, 0.717) is 34.4 Å². The molecule has 1 aliphatic heterocycles. The number of hydrogen-bond donors (Lipinski definition) is 4. The first-order chi connectivity index (χ1) is 14.4. The molecule has 2 aromatic carbocycles. The van der Waals surface area contributed by atoms with Gasteiger partial charge in [-0.1, -0.05) is 25.1 Å². The number of nitrogens with zero attached hydrogens (tertiary/aromatic N) is 1. The summed E-state index contributed by atoms with van der Waals surface area (Å²) >= 11 is 0. The number of rotatable bonds is 3.